The van der Waals surface area contributed by atoms with E-state index in [2.05, 4.69) is 6.92 Å². The molecule has 0 aliphatic carbocycles. The van der Waals surface area contributed by atoms with E-state index in [-0.39, 0.29) is 20.4 Å². The van der Waals surface area contributed by atoms with E-state index < -0.39 is 0 Å². The van der Waals surface area contributed by atoms with Crippen LogP contribution >= 0.6 is 0 Å². The zero-order valence-electron chi connectivity index (χ0n) is 2.79. The standard InChI is InChI=1S/C2H5.Re.Rf/c1-2;;/h1H2,2H3;;/q-1;;. The van der Waals surface area contributed by atoms with E-state index >= 15 is 0 Å². The smallest absolute Gasteiger partial charge is 0 e. The number of hydrogen-bond acceptors (Lipinski definition) is 0. The SMILES string of the molecule is [CH2-]C.[Re].[Rf]. The van der Waals surface area contributed by atoms with Gasteiger partial charge in [-0.3, -0.25) is 0 Å². The summed E-state index contributed by atoms with van der Waals surface area (Å²) in [6, 6.07) is 0. The van der Waals surface area contributed by atoms with Gasteiger partial charge in [0.1, 0.15) is 0 Å². The first-order chi connectivity index (χ1) is 1.00. The van der Waals surface area contributed by atoms with E-state index in [1.165, 1.54) is 0 Å². The maximum Gasteiger partial charge on any atom is 0 e. The molecule has 0 N–H and O–H groups in total. The van der Waals surface area contributed by atoms with Crippen molar-refractivity contribution in [3.63, 3.8) is 0 Å². The van der Waals surface area contributed by atoms with Gasteiger partial charge in [0.15, 0.2) is 0 Å². The Kier molecular flexibility index (Phi) is 955. The van der Waals surface area contributed by atoms with E-state index in [0.29, 0.717) is 0 Å². The van der Waals surface area contributed by atoms with Gasteiger partial charge in [0.25, 0.3) is 0 Å². The van der Waals surface area contributed by atoms with Crippen molar-refractivity contribution in [2.45, 2.75) is 6.92 Å². The molecule has 0 nitrogen and oxygen atoms in total. The molecule has 0 aromatic rings. The Morgan fingerprint density at radius 1 is 1.25 bits per heavy atom. The molecule has 1 radical (unpaired) electrons. The molecule has 0 bridgehead atoms. The molecule has 0 aliphatic heterocycles. The maximum atomic E-state index is 3.25. The third-order valence-electron chi connectivity index (χ3n) is 0. The molecule has 0 fully saturated rings. The molecular weight excluding hydrogens is 477 g/mol. The van der Waals surface area contributed by atoms with Crippen molar-refractivity contribution in [3.8, 4) is 0 Å². The second-order valence-electron chi connectivity index (χ2n) is 0. The van der Waals surface area contributed by atoms with Crippen LogP contribution in [0.1, 0.15) is 6.92 Å². The molecule has 2 heteroatoms. The summed E-state index contributed by atoms with van der Waals surface area (Å²) in [5.41, 5.74) is 0. The quantitative estimate of drug-likeness (QED) is 0.450. The minimum Gasteiger partial charge on any atom is -0.346 e. The average Bonchev–Trinajstić information content (AvgIpc) is 1.00. The molecule has 23 valence electrons. The molecule has 0 aliphatic rings. The number of rotatable bonds is 0. The van der Waals surface area contributed by atoms with Gasteiger partial charge in [0.2, 0.25) is 0 Å². The second kappa shape index (κ2) is 64.5. The van der Waals surface area contributed by atoms with Gasteiger partial charge in [-0.25, -0.2) is 0 Å². The van der Waals surface area contributed by atoms with Crippen LogP contribution < -0.4 is 0 Å². The third-order valence-corrected chi connectivity index (χ3v) is 0. The van der Waals surface area contributed by atoms with E-state index in [4.69, 9.17) is 0 Å². The summed E-state index contributed by atoms with van der Waals surface area (Å²) in [7, 11) is 0. The summed E-state index contributed by atoms with van der Waals surface area (Å²) in [4.78, 5) is 0. The first kappa shape index (κ1) is 59.2. The van der Waals surface area contributed by atoms with Crippen LogP contribution in [0.5, 0.6) is 0 Å². The van der Waals surface area contributed by atoms with Crippen LogP contribution in [0, 0.1) is 6.92 Å². The number of hydrogen-bond donors (Lipinski definition) is 0. The van der Waals surface area contributed by atoms with Gasteiger partial charge < -0.3 is 6.92 Å². The van der Waals surface area contributed by atoms with E-state index in [9.17, 15) is 0 Å². The molecule has 0 spiro atoms. The van der Waals surface area contributed by atoms with Crippen LogP contribution in [0.2, 0.25) is 0 Å². The molecule has 0 amide bonds. The van der Waals surface area contributed by atoms with Crippen molar-refractivity contribution < 1.29 is 20.4 Å². The Hall–Kier alpha value is -0.338. The Morgan fingerprint density at radius 2 is 1.25 bits per heavy atom. The van der Waals surface area contributed by atoms with Crippen LogP contribution in [0.3, 0.4) is 0 Å². The predicted octanol–water partition coefficient (Wildman–Crippen LogP) is 0.838. The van der Waals surface area contributed by atoms with Gasteiger partial charge in [0, 0.05) is 20.4 Å². The zero-order valence-corrected chi connectivity index (χ0v) is 11.9. The van der Waals surface area contributed by atoms with E-state index in [1.807, 2.05) is 0 Å². The third kappa shape index (κ3) is 6.40. The normalized spacial score (nSPS) is 1.50. The fourth-order valence-electron chi connectivity index (χ4n) is 0. The molecule has 0 atom stereocenters. The van der Waals surface area contributed by atoms with Crippen molar-refractivity contribution in [2.24, 2.45) is 0 Å². The summed E-state index contributed by atoms with van der Waals surface area (Å²) in [5, 5.41) is 0. The Labute approximate surface area is 34.9 Å². The molecular formula is C2H5ReRf-. The minimum absolute atomic E-state index is 0. The molecule has 4 heavy (non-hydrogen) atoms. The summed E-state index contributed by atoms with van der Waals surface area (Å²) in [5.74, 6) is 0. The van der Waals surface area contributed by atoms with Crippen LogP contribution in [0.4, 0.5) is 0 Å². The van der Waals surface area contributed by atoms with Crippen LogP contribution in [-0.2, 0) is 20.4 Å². The van der Waals surface area contributed by atoms with Crippen molar-refractivity contribution in [2.75, 3.05) is 0 Å². The fraction of sp³-hybridized carbons (Fsp3) is 0.500. The van der Waals surface area contributed by atoms with Gasteiger partial charge in [0.05, 0.1) is 0 Å². The summed E-state index contributed by atoms with van der Waals surface area (Å²) < 4.78 is 0. The van der Waals surface area contributed by atoms with Gasteiger partial charge in [-0.05, 0) is 0 Å². The Morgan fingerprint density at radius 3 is 1.25 bits per heavy atom. The molecule has 0 saturated carbocycles. The first-order valence-corrected chi connectivity index (χ1v) is 0.707. The average molecular weight is 482 g/mol. The molecule has 0 unspecified atom stereocenters. The van der Waals surface area contributed by atoms with Crippen LogP contribution in [0.25, 0.3) is 0 Å². The molecule has 0 aromatic carbocycles. The molecule has 0 saturated heterocycles. The maximum absolute atomic E-state index is 3.25. The van der Waals surface area contributed by atoms with Gasteiger partial charge >= 0.3 is 0 Å². The second-order valence-corrected chi connectivity index (χ2v) is 0. The van der Waals surface area contributed by atoms with Gasteiger partial charge in [-0.1, -0.05) is 0 Å². The summed E-state index contributed by atoms with van der Waals surface area (Å²) in [6.07, 6.45) is 0. The predicted molar refractivity (Wildman–Crippen MR) is 11.0 cm³/mol. The summed E-state index contributed by atoms with van der Waals surface area (Å²) >= 11 is 0. The fourth-order valence-corrected chi connectivity index (χ4v) is 0. The minimum atomic E-state index is 0. The van der Waals surface area contributed by atoms with Gasteiger partial charge in [-0.15, -0.1) is 0 Å². The Bertz CT molecular complexity index is 6.00. The molecule has 0 rings (SSSR count). The topological polar surface area (TPSA) is 0 Å². The molecule has 0 aromatic heterocycles. The monoisotopic (exact) mass is 483 g/mol. The van der Waals surface area contributed by atoms with Crippen molar-refractivity contribution in [1.82, 2.24) is 0 Å². The van der Waals surface area contributed by atoms with E-state index in [0.717, 1.165) is 0 Å². The Balaban J connectivity index is -0.00000000500. The van der Waals surface area contributed by atoms with Crippen molar-refractivity contribution >= 4 is 0 Å². The van der Waals surface area contributed by atoms with Crippen LogP contribution in [0.15, 0.2) is 0 Å². The van der Waals surface area contributed by atoms with Crippen molar-refractivity contribution in [1.29, 1.82) is 0 Å². The molecule has 0 heterocycles. The van der Waals surface area contributed by atoms with Crippen molar-refractivity contribution in [3.05, 3.63) is 6.92 Å². The largest absolute Gasteiger partial charge is 0.346 e. The van der Waals surface area contributed by atoms with Crippen LogP contribution in [-0.4, -0.2) is 0 Å². The van der Waals surface area contributed by atoms with E-state index in [1.54, 1.807) is 6.92 Å². The first-order valence-electron chi connectivity index (χ1n) is 0.707. The summed E-state index contributed by atoms with van der Waals surface area (Å²) in [6.45, 7) is 5.00. The van der Waals surface area contributed by atoms with Gasteiger partial charge in [-0.2, -0.15) is 6.92 Å². The zero-order chi connectivity index (χ0) is 2.00.